The van der Waals surface area contributed by atoms with Gasteiger partial charge in [0.05, 0.1) is 0 Å². The molecule has 1 rings (SSSR count). The summed E-state index contributed by atoms with van der Waals surface area (Å²) in [4.78, 5) is 24.5. The van der Waals surface area contributed by atoms with Crippen molar-refractivity contribution in [2.75, 3.05) is 14.1 Å². The molecular formula is C11H20N3O5+. The van der Waals surface area contributed by atoms with Crippen molar-refractivity contribution in [2.24, 2.45) is 0 Å². The van der Waals surface area contributed by atoms with Crippen molar-refractivity contribution in [3.05, 3.63) is 11.8 Å². The summed E-state index contributed by atoms with van der Waals surface area (Å²) >= 11 is 0. The second-order valence-corrected chi connectivity index (χ2v) is 4.60. The lowest BCUT2D eigenvalue weighted by Crippen LogP contribution is -2.74. The van der Waals surface area contributed by atoms with E-state index >= 15 is 0 Å². The Hall–Kier alpha value is -1.64. The fourth-order valence-corrected chi connectivity index (χ4v) is 1.82. The molecule has 1 heterocycles. The van der Waals surface area contributed by atoms with Crippen molar-refractivity contribution < 1.29 is 30.3 Å². The molecule has 0 aromatic rings. The summed E-state index contributed by atoms with van der Waals surface area (Å²) in [5, 5.41) is 20.8. The number of quaternary nitrogens is 1. The number of carbonyl (C=O) groups excluding carboxylic acids is 2. The molecule has 0 saturated carbocycles. The molecule has 0 aromatic heterocycles. The highest BCUT2D eigenvalue weighted by Crippen LogP contribution is 2.19. The number of hydrogen-bond donors (Lipinski definition) is 4. The number of likely N-dealkylation sites (N-methyl/N-ethyl adjacent to an activating group) is 1. The fourth-order valence-electron chi connectivity index (χ4n) is 1.82. The largest absolute Gasteiger partial charge is 0.477 e. The van der Waals surface area contributed by atoms with Gasteiger partial charge in [0, 0.05) is 27.1 Å². The first-order valence-electron chi connectivity index (χ1n) is 5.80. The van der Waals surface area contributed by atoms with Gasteiger partial charge in [0.1, 0.15) is 12.1 Å². The van der Waals surface area contributed by atoms with Crippen LogP contribution in [-0.2, 0) is 14.3 Å². The molecule has 0 fully saturated rings. The number of amides is 2. The summed E-state index contributed by atoms with van der Waals surface area (Å²) < 4.78 is 5.27. The maximum absolute atomic E-state index is 12.0. The highest BCUT2D eigenvalue weighted by molar-refractivity contribution is 5.83. The second-order valence-electron chi connectivity index (χ2n) is 4.60. The molecule has 0 aromatic carbocycles. The van der Waals surface area contributed by atoms with Gasteiger partial charge in [-0.3, -0.25) is 9.59 Å². The van der Waals surface area contributed by atoms with Gasteiger partial charge in [-0.25, -0.2) is 0 Å². The molecule has 0 radical (unpaired) electrons. The minimum Gasteiger partial charge on any atom is -0.477 e. The lowest BCUT2D eigenvalue weighted by atomic mass is 9.98. The van der Waals surface area contributed by atoms with E-state index < -0.39 is 30.4 Å². The van der Waals surface area contributed by atoms with E-state index in [1.165, 1.54) is 17.9 Å². The number of aliphatic hydroxyl groups excluding tert-OH is 1. The number of ether oxygens (including phenoxy) is 1. The normalized spacial score (nSPS) is 26.5. The summed E-state index contributed by atoms with van der Waals surface area (Å²) in [5.41, 5.74) is 3.79. The van der Waals surface area contributed by atoms with E-state index in [4.69, 9.17) is 14.9 Å². The van der Waals surface area contributed by atoms with E-state index in [9.17, 15) is 9.59 Å². The average molecular weight is 274 g/mol. The topological polar surface area (TPSA) is 127 Å². The van der Waals surface area contributed by atoms with Crippen LogP contribution in [-0.4, -0.2) is 65.5 Å². The molecule has 0 spiro atoms. The predicted octanol–water partition coefficient (Wildman–Crippen LogP) is -3.22. The quantitative estimate of drug-likeness (QED) is 0.403. The van der Waals surface area contributed by atoms with Crippen LogP contribution >= 0.6 is 0 Å². The van der Waals surface area contributed by atoms with Crippen LogP contribution in [0.1, 0.15) is 6.92 Å². The molecule has 8 heteroatoms. The molecule has 1 aliphatic heterocycles. The van der Waals surface area contributed by atoms with Gasteiger partial charge in [-0.05, 0) is 0 Å². The van der Waals surface area contributed by atoms with Gasteiger partial charge < -0.3 is 30.9 Å². The molecule has 2 amide bonds. The lowest BCUT2D eigenvalue weighted by molar-refractivity contribution is -0.415. The van der Waals surface area contributed by atoms with Gasteiger partial charge in [0.25, 0.3) is 5.91 Å². The molecule has 8 nitrogen and oxygen atoms in total. The maximum atomic E-state index is 12.0. The Labute approximate surface area is 110 Å². The smallest absolute Gasteiger partial charge is 0.265 e. The minimum atomic E-state index is -1.82. The molecule has 0 unspecified atom stereocenters. The first-order chi connectivity index (χ1) is 8.73. The molecule has 6 N–H and O–H groups in total. The van der Waals surface area contributed by atoms with Crippen LogP contribution < -0.4 is 11.1 Å². The highest BCUT2D eigenvalue weighted by atomic mass is 16.6. The van der Waals surface area contributed by atoms with E-state index in [2.05, 4.69) is 11.1 Å². The lowest BCUT2D eigenvalue weighted by Gasteiger charge is -2.34. The maximum Gasteiger partial charge on any atom is 0.265 e. The van der Waals surface area contributed by atoms with Crippen LogP contribution in [0.2, 0.25) is 0 Å². The van der Waals surface area contributed by atoms with Crippen LogP contribution in [0.3, 0.4) is 0 Å². The zero-order valence-electron chi connectivity index (χ0n) is 11.2. The number of carbonyl (C=O) groups is 2. The Morgan fingerprint density at radius 2 is 2.05 bits per heavy atom. The standard InChI is InChI=1S/C11H19N3O5/c1-5(15)13-8-6(12)4-7(11(17)18)19-9(8)10(16)14(2)3/h4,6,8-9,11,17-18H,12H2,1-3H3,(H,13,15)/p+1/t6-,8+,9+/m0/s1. The summed E-state index contributed by atoms with van der Waals surface area (Å²) in [6.45, 7) is 1.32. The molecule has 0 saturated heterocycles. The van der Waals surface area contributed by atoms with E-state index in [0.29, 0.717) is 0 Å². The van der Waals surface area contributed by atoms with Crippen LogP contribution in [0.15, 0.2) is 11.8 Å². The molecule has 1 aliphatic rings. The zero-order valence-corrected chi connectivity index (χ0v) is 11.2. The zero-order chi connectivity index (χ0) is 14.7. The van der Waals surface area contributed by atoms with Gasteiger partial charge in [0.2, 0.25) is 18.3 Å². The third-order valence-corrected chi connectivity index (χ3v) is 2.74. The van der Waals surface area contributed by atoms with Crippen molar-refractivity contribution in [2.45, 2.75) is 31.4 Å². The molecule has 19 heavy (non-hydrogen) atoms. The fraction of sp³-hybridized carbons (Fsp3) is 0.636. The summed E-state index contributed by atoms with van der Waals surface area (Å²) in [5.74, 6) is -0.847. The second kappa shape index (κ2) is 6.00. The number of rotatable bonds is 3. The molecule has 3 atom stereocenters. The SMILES string of the molecule is CC(=O)N[C@@H]1[C@@H]([NH3+])C=C(C(O)O)O[C@H]1C(=O)N(C)C. The van der Waals surface area contributed by atoms with Crippen LogP contribution in [0.25, 0.3) is 0 Å². The van der Waals surface area contributed by atoms with Crippen molar-refractivity contribution in [3.8, 4) is 0 Å². The third kappa shape index (κ3) is 3.66. The van der Waals surface area contributed by atoms with Crippen LogP contribution in [0.4, 0.5) is 0 Å². The van der Waals surface area contributed by atoms with Gasteiger partial charge >= 0.3 is 0 Å². The number of hydrogen-bond acceptors (Lipinski definition) is 5. The molecule has 0 aliphatic carbocycles. The van der Waals surface area contributed by atoms with Crippen molar-refractivity contribution in [3.63, 3.8) is 0 Å². The Morgan fingerprint density at radius 1 is 1.47 bits per heavy atom. The van der Waals surface area contributed by atoms with Gasteiger partial charge in [-0.2, -0.15) is 0 Å². The summed E-state index contributed by atoms with van der Waals surface area (Å²) in [6, 6.07) is -1.17. The Morgan fingerprint density at radius 3 is 2.47 bits per heavy atom. The van der Waals surface area contributed by atoms with E-state index in [1.807, 2.05) is 0 Å². The predicted molar refractivity (Wildman–Crippen MR) is 64.2 cm³/mol. The van der Waals surface area contributed by atoms with Crippen molar-refractivity contribution in [1.29, 1.82) is 0 Å². The van der Waals surface area contributed by atoms with Gasteiger partial charge in [0.15, 0.2) is 5.76 Å². The van der Waals surface area contributed by atoms with Crippen molar-refractivity contribution >= 4 is 11.8 Å². The molecule has 0 bridgehead atoms. The molecular weight excluding hydrogens is 254 g/mol. The van der Waals surface area contributed by atoms with Crippen LogP contribution in [0, 0.1) is 0 Å². The Bertz CT molecular complexity index is 394. The van der Waals surface area contributed by atoms with Gasteiger partial charge in [-0.15, -0.1) is 0 Å². The average Bonchev–Trinajstić information content (AvgIpc) is 2.29. The monoisotopic (exact) mass is 274 g/mol. The summed E-state index contributed by atoms with van der Waals surface area (Å²) in [7, 11) is 3.09. The van der Waals surface area contributed by atoms with Crippen molar-refractivity contribution in [1.82, 2.24) is 10.2 Å². The third-order valence-electron chi connectivity index (χ3n) is 2.74. The minimum absolute atomic E-state index is 0.137. The van der Waals surface area contributed by atoms with Crippen LogP contribution in [0.5, 0.6) is 0 Å². The number of nitrogens with one attached hydrogen (secondary N) is 1. The van der Waals surface area contributed by atoms with E-state index in [1.54, 1.807) is 14.1 Å². The van der Waals surface area contributed by atoms with Gasteiger partial charge in [-0.1, -0.05) is 0 Å². The van der Waals surface area contributed by atoms with E-state index in [-0.39, 0.29) is 11.7 Å². The Balaban J connectivity index is 3.04. The molecule has 108 valence electrons. The number of aliphatic hydroxyl groups is 2. The summed E-state index contributed by atoms with van der Waals surface area (Å²) in [6.07, 6.45) is -1.48. The first-order valence-corrected chi connectivity index (χ1v) is 5.80. The first kappa shape index (κ1) is 15.4. The number of nitrogens with zero attached hydrogens (tertiary/aromatic N) is 1. The Kier molecular flexibility index (Phi) is 4.87. The van der Waals surface area contributed by atoms with E-state index in [0.717, 1.165) is 0 Å². The highest BCUT2D eigenvalue weighted by Gasteiger charge is 2.42.